The number of hydrogen-bond donors (Lipinski definition) is 2. The molecule has 0 amide bonds. The van der Waals surface area contributed by atoms with Gasteiger partial charge in [-0.15, -0.1) is 0 Å². The Hall–Kier alpha value is -1.82. The molecule has 0 heterocycles. The van der Waals surface area contributed by atoms with E-state index < -0.39 is 22.8 Å². The van der Waals surface area contributed by atoms with Gasteiger partial charge in [0, 0.05) is 0 Å². The third-order valence-corrected chi connectivity index (χ3v) is 2.16. The highest BCUT2D eigenvalue weighted by atomic mass is 35.5. The van der Waals surface area contributed by atoms with Crippen molar-refractivity contribution in [3.8, 4) is 0 Å². The lowest BCUT2D eigenvalue weighted by atomic mass is 10.2. The number of hydrogen-bond acceptors (Lipinski definition) is 3. The predicted molar refractivity (Wildman–Crippen MR) is 66.7 cm³/mol. The molecule has 0 aromatic heterocycles. The summed E-state index contributed by atoms with van der Waals surface area (Å²) < 4.78 is 42.6. The average molecular weight is 291 g/mol. The van der Waals surface area contributed by atoms with E-state index in [2.05, 4.69) is 0 Å². The number of halogens is 4. The van der Waals surface area contributed by atoms with Crippen LogP contribution in [0.1, 0.15) is 5.56 Å². The van der Waals surface area contributed by atoms with Crippen LogP contribution in [-0.4, -0.2) is 17.2 Å². The molecule has 0 aliphatic heterocycles. The van der Waals surface area contributed by atoms with Crippen LogP contribution in [0.25, 0.3) is 0 Å². The molecule has 0 bridgehead atoms. The Balaban J connectivity index is 2.77. The molecule has 0 aliphatic carbocycles. The van der Waals surface area contributed by atoms with Crippen LogP contribution in [0, 0.1) is 10.8 Å². The van der Waals surface area contributed by atoms with Gasteiger partial charge in [-0.2, -0.15) is 13.2 Å². The molecule has 1 rings (SSSR count). The van der Waals surface area contributed by atoms with Crippen LogP contribution < -0.4 is 0 Å². The zero-order chi connectivity index (χ0) is 14.5. The third kappa shape index (κ3) is 5.13. The van der Waals surface area contributed by atoms with Crippen LogP contribution in [0.15, 0.2) is 42.0 Å². The summed E-state index contributed by atoms with van der Waals surface area (Å²) in [5, 5.41) is 13.3. The monoisotopic (exact) mass is 290 g/mol. The number of alkyl halides is 3. The lowest BCUT2D eigenvalue weighted by Gasteiger charge is -2.13. The average Bonchev–Trinajstić information content (AvgIpc) is 2.33. The summed E-state index contributed by atoms with van der Waals surface area (Å²) in [6.45, 7) is -0.164. The van der Waals surface area contributed by atoms with Gasteiger partial charge in [-0.1, -0.05) is 41.9 Å². The first-order valence-corrected chi connectivity index (χ1v) is 5.47. The van der Waals surface area contributed by atoms with Gasteiger partial charge < -0.3 is 4.74 Å². The van der Waals surface area contributed by atoms with Crippen molar-refractivity contribution in [1.82, 2.24) is 0 Å². The summed E-state index contributed by atoms with van der Waals surface area (Å²) in [4.78, 5) is 0. The predicted octanol–water partition coefficient (Wildman–Crippen LogP) is 3.89. The molecule has 3 nitrogen and oxygen atoms in total. The van der Waals surface area contributed by atoms with Crippen molar-refractivity contribution < 1.29 is 17.9 Å². The van der Waals surface area contributed by atoms with Gasteiger partial charge in [0.1, 0.15) is 17.4 Å². The summed E-state index contributed by atoms with van der Waals surface area (Å²) in [6, 6.07) is 8.49. The molecule has 0 atom stereocenters. The maximum Gasteiger partial charge on any atom is 0.421 e. The van der Waals surface area contributed by atoms with Crippen LogP contribution in [0.3, 0.4) is 0 Å². The fourth-order valence-electron chi connectivity index (χ4n) is 1.21. The molecule has 0 radical (unpaired) electrons. The molecule has 0 fully saturated rings. The van der Waals surface area contributed by atoms with Gasteiger partial charge in [-0.25, -0.2) is 0 Å². The second kappa shape index (κ2) is 6.38. The Labute approximate surface area is 112 Å². The molecule has 0 saturated heterocycles. The first-order valence-electron chi connectivity index (χ1n) is 5.09. The largest absolute Gasteiger partial charge is 0.473 e. The highest BCUT2D eigenvalue weighted by Gasteiger charge is 2.38. The smallest absolute Gasteiger partial charge is 0.421 e. The maximum absolute atomic E-state index is 12.6. The van der Waals surface area contributed by atoms with Crippen LogP contribution in [0.4, 0.5) is 13.2 Å². The Bertz CT molecular complexity index is 497. The summed E-state index contributed by atoms with van der Waals surface area (Å²) in [5.74, 6) is -1.07. The van der Waals surface area contributed by atoms with E-state index in [1.165, 1.54) is 0 Å². The SMILES string of the molecule is N=C(Cl)/C=C(\C(=N)OCc1ccccc1)C(F)(F)F. The minimum absolute atomic E-state index is 0.164. The molecule has 0 unspecified atom stereocenters. The minimum Gasteiger partial charge on any atom is -0.473 e. The van der Waals surface area contributed by atoms with E-state index in [0.717, 1.165) is 0 Å². The number of rotatable bonds is 4. The van der Waals surface area contributed by atoms with Gasteiger partial charge in [-0.05, 0) is 11.6 Å². The van der Waals surface area contributed by atoms with Crippen molar-refractivity contribution in [3.63, 3.8) is 0 Å². The highest BCUT2D eigenvalue weighted by Crippen LogP contribution is 2.27. The first kappa shape index (κ1) is 15.2. The zero-order valence-corrected chi connectivity index (χ0v) is 10.3. The van der Waals surface area contributed by atoms with Gasteiger partial charge in [0.15, 0.2) is 0 Å². The molecular weight excluding hydrogens is 281 g/mol. The standard InChI is InChI=1S/C12H10ClF3N2O/c13-10(17)6-9(12(14,15)16)11(18)19-7-8-4-2-1-3-5-8/h1-6,17-18H,7H2/b9-6+,17-10?,18-11?. The molecule has 0 saturated carbocycles. The summed E-state index contributed by atoms with van der Waals surface area (Å²) in [7, 11) is 0. The summed E-state index contributed by atoms with van der Waals surface area (Å²) in [5.41, 5.74) is -0.752. The molecule has 102 valence electrons. The van der Waals surface area contributed by atoms with Crippen LogP contribution in [-0.2, 0) is 11.3 Å². The lowest BCUT2D eigenvalue weighted by Crippen LogP contribution is -2.22. The molecule has 1 aromatic rings. The van der Waals surface area contributed by atoms with Crippen molar-refractivity contribution in [3.05, 3.63) is 47.5 Å². The van der Waals surface area contributed by atoms with E-state index in [9.17, 15) is 13.2 Å². The molecular formula is C12H10ClF3N2O. The van der Waals surface area contributed by atoms with Crippen molar-refractivity contribution in [2.45, 2.75) is 12.8 Å². The van der Waals surface area contributed by atoms with Gasteiger partial charge >= 0.3 is 6.18 Å². The quantitative estimate of drug-likeness (QED) is 0.641. The molecule has 2 N–H and O–H groups in total. The fraction of sp³-hybridized carbons (Fsp3) is 0.167. The van der Waals surface area contributed by atoms with Gasteiger partial charge in [-0.3, -0.25) is 10.8 Å². The second-order valence-electron chi connectivity index (χ2n) is 3.51. The molecule has 19 heavy (non-hydrogen) atoms. The maximum atomic E-state index is 12.6. The zero-order valence-electron chi connectivity index (χ0n) is 9.59. The van der Waals surface area contributed by atoms with E-state index in [0.29, 0.717) is 11.6 Å². The Morgan fingerprint density at radius 2 is 1.79 bits per heavy atom. The lowest BCUT2D eigenvalue weighted by molar-refractivity contribution is -0.0879. The van der Waals surface area contributed by atoms with Gasteiger partial charge in [0.25, 0.3) is 0 Å². The fourth-order valence-corrected chi connectivity index (χ4v) is 1.32. The van der Waals surface area contributed by atoms with Gasteiger partial charge in [0.05, 0.1) is 0 Å². The second-order valence-corrected chi connectivity index (χ2v) is 3.91. The Kier molecular flexibility index (Phi) is 5.11. The van der Waals surface area contributed by atoms with E-state index in [1.54, 1.807) is 30.3 Å². The number of ether oxygens (including phenoxy) is 1. The molecule has 7 heteroatoms. The normalized spacial score (nSPS) is 12.1. The van der Waals surface area contributed by atoms with Crippen molar-refractivity contribution in [1.29, 1.82) is 10.8 Å². The van der Waals surface area contributed by atoms with Crippen LogP contribution in [0.5, 0.6) is 0 Å². The van der Waals surface area contributed by atoms with E-state index >= 15 is 0 Å². The topological polar surface area (TPSA) is 56.9 Å². The minimum atomic E-state index is -4.80. The van der Waals surface area contributed by atoms with E-state index in [4.69, 9.17) is 27.2 Å². The van der Waals surface area contributed by atoms with Crippen molar-refractivity contribution in [2.75, 3.05) is 0 Å². The first-order chi connectivity index (χ1) is 8.80. The third-order valence-electron chi connectivity index (χ3n) is 2.05. The number of allylic oxidation sites excluding steroid dienone is 1. The van der Waals surface area contributed by atoms with Crippen LogP contribution >= 0.6 is 11.6 Å². The van der Waals surface area contributed by atoms with Gasteiger partial charge in [0.2, 0.25) is 5.90 Å². The summed E-state index contributed by atoms with van der Waals surface area (Å²) >= 11 is 5.09. The van der Waals surface area contributed by atoms with E-state index in [-0.39, 0.29) is 6.61 Å². The molecule has 0 spiro atoms. The highest BCUT2D eigenvalue weighted by molar-refractivity contribution is 6.67. The Morgan fingerprint density at radius 3 is 2.26 bits per heavy atom. The number of benzene rings is 1. The Morgan fingerprint density at radius 1 is 1.21 bits per heavy atom. The molecule has 1 aromatic carbocycles. The number of nitrogens with one attached hydrogen (secondary N) is 2. The molecule has 0 aliphatic rings. The summed E-state index contributed by atoms with van der Waals surface area (Å²) in [6.07, 6.45) is -4.45. The van der Waals surface area contributed by atoms with Crippen LogP contribution in [0.2, 0.25) is 0 Å². The van der Waals surface area contributed by atoms with E-state index in [1.807, 2.05) is 0 Å². The van der Waals surface area contributed by atoms with Crippen molar-refractivity contribution >= 4 is 22.7 Å². The van der Waals surface area contributed by atoms with Crippen molar-refractivity contribution in [2.24, 2.45) is 0 Å².